The van der Waals surface area contributed by atoms with E-state index in [4.69, 9.17) is 0 Å². The van der Waals surface area contributed by atoms with Crippen molar-refractivity contribution in [3.63, 3.8) is 0 Å². The summed E-state index contributed by atoms with van der Waals surface area (Å²) in [7, 11) is 0. The van der Waals surface area contributed by atoms with Crippen molar-refractivity contribution in [2.45, 2.75) is 32.7 Å². The number of nitrogens with zero attached hydrogens (tertiary/aromatic N) is 1. The molecular weight excluding hydrogens is 206 g/mol. The number of hydrogen-bond donors (Lipinski definition) is 0. The Balaban J connectivity index is 2.17. The van der Waals surface area contributed by atoms with Crippen molar-refractivity contribution in [3.8, 4) is 0 Å². The number of piperidine rings is 1. The fraction of sp³-hybridized carbons (Fsp3) is 0.583. The van der Waals surface area contributed by atoms with Crippen LogP contribution in [0, 0.1) is 5.92 Å². The summed E-state index contributed by atoms with van der Waals surface area (Å²) in [5.74, 6) is 0.767. The molecule has 2 unspecified atom stereocenters. The molecule has 1 aliphatic rings. The van der Waals surface area contributed by atoms with Crippen molar-refractivity contribution in [3.05, 3.63) is 17.0 Å². The number of hydrogen-bond acceptors (Lipinski definition) is 3. The first-order valence-electron chi connectivity index (χ1n) is 5.52. The monoisotopic (exact) mass is 223 g/mol. The normalized spacial score (nSPS) is 26.7. The summed E-state index contributed by atoms with van der Waals surface area (Å²) in [6.45, 7) is 5.69. The quantitative estimate of drug-likeness (QED) is 0.718. The Morgan fingerprint density at radius 1 is 1.40 bits per heavy atom. The zero-order valence-electron chi connectivity index (χ0n) is 9.27. The molecule has 0 saturated carbocycles. The third kappa shape index (κ3) is 2.23. The summed E-state index contributed by atoms with van der Waals surface area (Å²) in [6, 6.07) is 4.60. The van der Waals surface area contributed by atoms with E-state index in [-0.39, 0.29) is 0 Å². The van der Waals surface area contributed by atoms with Crippen LogP contribution in [0.25, 0.3) is 0 Å². The van der Waals surface area contributed by atoms with Crippen LogP contribution >= 0.6 is 11.3 Å². The molecule has 0 radical (unpaired) electrons. The Morgan fingerprint density at radius 2 is 2.20 bits per heavy atom. The zero-order valence-corrected chi connectivity index (χ0v) is 10.1. The van der Waals surface area contributed by atoms with E-state index in [0.29, 0.717) is 6.04 Å². The van der Waals surface area contributed by atoms with Gasteiger partial charge in [0.15, 0.2) is 6.29 Å². The summed E-state index contributed by atoms with van der Waals surface area (Å²) in [6.07, 6.45) is 3.52. The smallest absolute Gasteiger partial charge is 0.160 e. The molecule has 15 heavy (non-hydrogen) atoms. The van der Waals surface area contributed by atoms with E-state index in [9.17, 15) is 4.79 Å². The van der Waals surface area contributed by atoms with Crippen LogP contribution in [-0.4, -0.2) is 18.9 Å². The van der Waals surface area contributed by atoms with Crippen LogP contribution in [-0.2, 0) is 0 Å². The molecule has 1 aliphatic heterocycles. The van der Waals surface area contributed by atoms with Gasteiger partial charge in [0.2, 0.25) is 0 Å². The summed E-state index contributed by atoms with van der Waals surface area (Å²) in [4.78, 5) is 13.9. The maximum Gasteiger partial charge on any atom is 0.160 e. The van der Waals surface area contributed by atoms with E-state index in [1.807, 2.05) is 6.07 Å². The van der Waals surface area contributed by atoms with Gasteiger partial charge in [-0.3, -0.25) is 4.79 Å². The van der Waals surface area contributed by atoms with Gasteiger partial charge in [0.25, 0.3) is 0 Å². The minimum Gasteiger partial charge on any atom is -0.360 e. The molecule has 0 spiro atoms. The van der Waals surface area contributed by atoms with Crippen molar-refractivity contribution in [1.29, 1.82) is 0 Å². The molecule has 1 aromatic rings. The van der Waals surface area contributed by atoms with Crippen LogP contribution in [0.15, 0.2) is 12.1 Å². The van der Waals surface area contributed by atoms with Gasteiger partial charge in [0, 0.05) is 12.6 Å². The molecule has 82 valence electrons. The van der Waals surface area contributed by atoms with Gasteiger partial charge < -0.3 is 4.90 Å². The van der Waals surface area contributed by atoms with Crippen molar-refractivity contribution in [2.24, 2.45) is 5.92 Å². The van der Waals surface area contributed by atoms with Crippen LogP contribution in [0.5, 0.6) is 0 Å². The largest absolute Gasteiger partial charge is 0.360 e. The summed E-state index contributed by atoms with van der Waals surface area (Å²) < 4.78 is 0. The molecule has 0 N–H and O–H groups in total. The highest BCUT2D eigenvalue weighted by molar-refractivity contribution is 7.17. The van der Waals surface area contributed by atoms with Crippen LogP contribution in [0.4, 0.5) is 5.00 Å². The first kappa shape index (κ1) is 10.7. The molecule has 2 nitrogen and oxygen atoms in total. The molecule has 2 atom stereocenters. The highest BCUT2D eigenvalue weighted by atomic mass is 32.1. The third-order valence-electron chi connectivity index (χ3n) is 3.13. The van der Waals surface area contributed by atoms with Gasteiger partial charge in [-0.15, -0.1) is 11.3 Å². The molecule has 1 saturated heterocycles. The number of carbonyl (C=O) groups is 1. The standard InChI is InChI=1S/C12H17NOS/c1-9-3-4-10(2)13(7-9)12-6-5-11(8-14)15-12/h5-6,8-10H,3-4,7H2,1-2H3. The fourth-order valence-electron chi connectivity index (χ4n) is 2.16. The van der Waals surface area contributed by atoms with Gasteiger partial charge in [-0.2, -0.15) is 0 Å². The summed E-state index contributed by atoms with van der Waals surface area (Å²) >= 11 is 1.60. The number of rotatable bonds is 2. The van der Waals surface area contributed by atoms with E-state index in [0.717, 1.165) is 23.6 Å². The highest BCUT2D eigenvalue weighted by Crippen LogP contribution is 2.32. The average molecular weight is 223 g/mol. The van der Waals surface area contributed by atoms with Crippen LogP contribution in [0.1, 0.15) is 36.4 Å². The van der Waals surface area contributed by atoms with Crippen molar-refractivity contribution in [2.75, 3.05) is 11.4 Å². The molecule has 0 amide bonds. The number of anilines is 1. The van der Waals surface area contributed by atoms with E-state index < -0.39 is 0 Å². The van der Waals surface area contributed by atoms with Gasteiger partial charge in [-0.1, -0.05) is 6.92 Å². The lowest BCUT2D eigenvalue weighted by Crippen LogP contribution is -2.40. The Bertz CT molecular complexity index is 347. The fourth-order valence-corrected chi connectivity index (χ4v) is 3.09. The second-order valence-corrected chi connectivity index (χ2v) is 5.57. The third-order valence-corrected chi connectivity index (χ3v) is 4.18. The lowest BCUT2D eigenvalue weighted by atomic mass is 9.95. The summed E-state index contributed by atoms with van der Waals surface area (Å²) in [5, 5.41) is 1.25. The Morgan fingerprint density at radius 3 is 2.87 bits per heavy atom. The van der Waals surface area contributed by atoms with E-state index in [1.165, 1.54) is 17.8 Å². The topological polar surface area (TPSA) is 20.3 Å². The Hall–Kier alpha value is -0.830. The molecule has 2 rings (SSSR count). The van der Waals surface area contributed by atoms with Gasteiger partial charge in [-0.05, 0) is 37.8 Å². The van der Waals surface area contributed by atoms with Gasteiger partial charge in [-0.25, -0.2) is 0 Å². The Labute approximate surface area is 94.9 Å². The van der Waals surface area contributed by atoms with E-state index in [1.54, 1.807) is 11.3 Å². The van der Waals surface area contributed by atoms with Crippen molar-refractivity contribution >= 4 is 22.6 Å². The van der Waals surface area contributed by atoms with Crippen molar-refractivity contribution < 1.29 is 4.79 Å². The predicted octanol–water partition coefficient (Wildman–Crippen LogP) is 3.19. The number of thiophene rings is 1. The lowest BCUT2D eigenvalue weighted by molar-refractivity contribution is 0.112. The molecular formula is C12H17NOS. The SMILES string of the molecule is CC1CCC(C)N(c2ccc(C=O)s2)C1. The highest BCUT2D eigenvalue weighted by Gasteiger charge is 2.23. The maximum absolute atomic E-state index is 10.6. The average Bonchev–Trinajstić information content (AvgIpc) is 2.70. The molecule has 0 bridgehead atoms. The second kappa shape index (κ2) is 4.35. The molecule has 0 aliphatic carbocycles. The van der Waals surface area contributed by atoms with E-state index >= 15 is 0 Å². The molecule has 0 aromatic carbocycles. The Kier molecular flexibility index (Phi) is 3.10. The number of aldehydes is 1. The van der Waals surface area contributed by atoms with Crippen LogP contribution in [0.2, 0.25) is 0 Å². The predicted molar refractivity (Wildman–Crippen MR) is 64.9 cm³/mol. The summed E-state index contributed by atoms with van der Waals surface area (Å²) in [5.41, 5.74) is 0. The van der Waals surface area contributed by atoms with E-state index in [2.05, 4.69) is 24.8 Å². The molecule has 1 aromatic heterocycles. The molecule has 3 heteroatoms. The van der Waals surface area contributed by atoms with Gasteiger partial charge in [0.1, 0.15) is 0 Å². The van der Waals surface area contributed by atoms with Gasteiger partial charge >= 0.3 is 0 Å². The van der Waals surface area contributed by atoms with Crippen LogP contribution in [0.3, 0.4) is 0 Å². The first-order valence-corrected chi connectivity index (χ1v) is 6.34. The minimum absolute atomic E-state index is 0.611. The second-order valence-electron chi connectivity index (χ2n) is 4.48. The molecule has 2 heterocycles. The van der Waals surface area contributed by atoms with Crippen LogP contribution < -0.4 is 4.90 Å². The number of carbonyl (C=O) groups excluding carboxylic acids is 1. The minimum atomic E-state index is 0.611. The maximum atomic E-state index is 10.6. The van der Waals surface area contributed by atoms with Gasteiger partial charge in [0.05, 0.1) is 9.88 Å². The zero-order chi connectivity index (χ0) is 10.8. The molecule has 1 fully saturated rings. The lowest BCUT2D eigenvalue weighted by Gasteiger charge is -2.37. The first-order chi connectivity index (χ1) is 7.20. The van der Waals surface area contributed by atoms with Crippen molar-refractivity contribution in [1.82, 2.24) is 0 Å².